The Balaban J connectivity index is 0.00000451. The van der Waals surface area contributed by atoms with Gasteiger partial charge in [-0.25, -0.2) is 4.98 Å². The minimum atomic E-state index is -5.08. The average Bonchev–Trinajstić information content (AvgIpc) is 3.52. The van der Waals surface area contributed by atoms with E-state index in [1.807, 2.05) is 12.1 Å². The predicted molar refractivity (Wildman–Crippen MR) is 168 cm³/mol. The number of nitrogens with zero attached hydrogens (tertiary/aromatic N) is 3. The third-order valence-corrected chi connectivity index (χ3v) is 10.9. The number of aromatic nitrogens is 2. The summed E-state index contributed by atoms with van der Waals surface area (Å²) in [6.07, 6.45) is -3.37. The van der Waals surface area contributed by atoms with Crippen LogP contribution in [0.25, 0.3) is 0 Å². The number of imidazole rings is 1. The number of piperidine rings is 3. The van der Waals surface area contributed by atoms with Crippen LogP contribution in [-0.4, -0.2) is 46.0 Å². The van der Waals surface area contributed by atoms with Gasteiger partial charge < -0.3 is 21.5 Å². The van der Waals surface area contributed by atoms with Crippen molar-refractivity contribution >= 4 is 29.0 Å². The number of carbonyl (C=O) groups excluding carboxylic acids is 1. The molecule has 3 aliphatic rings. The number of fused-ring (bicyclic) bond motifs is 3. The SMILES string of the molecule is O=C(c1cc(C(F)(F)F)cc(C(F)(F)F)c1)c1nccn1CC(CC[N+]12CCC(c3ccccc3)(CC1)CC2)c1ccc(Cl)c(Cl)c1.[Cl-]. The summed E-state index contributed by atoms with van der Waals surface area (Å²) in [5.41, 5.74) is -1.41. The molecule has 0 radical (unpaired) electrons. The number of rotatable bonds is 9. The van der Waals surface area contributed by atoms with Gasteiger partial charge in [0.2, 0.25) is 5.78 Å². The molecule has 3 aliphatic heterocycles. The molecule has 3 aromatic carbocycles. The van der Waals surface area contributed by atoms with E-state index in [0.717, 1.165) is 55.5 Å². The molecule has 0 spiro atoms. The third kappa shape index (κ3) is 7.42. The largest absolute Gasteiger partial charge is 1.00 e. The minimum Gasteiger partial charge on any atom is -1.00 e. The first kappa shape index (κ1) is 36.2. The first-order valence-corrected chi connectivity index (χ1v) is 16.1. The smallest absolute Gasteiger partial charge is 0.416 e. The van der Waals surface area contributed by atoms with Crippen LogP contribution in [0, 0.1) is 0 Å². The fourth-order valence-corrected chi connectivity index (χ4v) is 7.61. The van der Waals surface area contributed by atoms with E-state index in [9.17, 15) is 31.1 Å². The molecule has 4 heterocycles. The Hall–Kier alpha value is -3.05. The van der Waals surface area contributed by atoms with Gasteiger partial charge in [0.05, 0.1) is 47.4 Å². The number of quaternary nitrogens is 1. The number of hydrogen-bond acceptors (Lipinski definition) is 2. The molecule has 1 aromatic heterocycles. The molecule has 1 atom stereocenters. The molecule has 3 fully saturated rings. The molecular weight excluding hydrogens is 699 g/mol. The monoisotopic (exact) mass is 729 g/mol. The quantitative estimate of drug-likeness (QED) is 0.111. The maximum atomic E-state index is 13.5. The molecule has 256 valence electrons. The maximum absolute atomic E-state index is 13.5. The van der Waals surface area contributed by atoms with Gasteiger partial charge in [0, 0.05) is 61.5 Å². The van der Waals surface area contributed by atoms with Crippen molar-refractivity contribution in [2.24, 2.45) is 0 Å². The van der Waals surface area contributed by atoms with E-state index in [2.05, 4.69) is 29.2 Å². The molecule has 1 unspecified atom stereocenters. The highest BCUT2D eigenvalue weighted by atomic mass is 35.5. The lowest BCUT2D eigenvalue weighted by molar-refractivity contribution is -0.943. The zero-order valence-electron chi connectivity index (χ0n) is 25.6. The Kier molecular flexibility index (Phi) is 10.3. The zero-order valence-corrected chi connectivity index (χ0v) is 27.9. The van der Waals surface area contributed by atoms with E-state index in [0.29, 0.717) is 28.6 Å². The summed E-state index contributed by atoms with van der Waals surface area (Å²) in [4.78, 5) is 17.6. The molecule has 0 saturated carbocycles. The molecular formula is C35H32Cl3F6N3O. The van der Waals surface area contributed by atoms with Gasteiger partial charge in [-0.05, 0) is 41.5 Å². The second kappa shape index (κ2) is 13.7. The number of ketones is 1. The number of carbonyl (C=O) groups is 1. The Morgan fingerprint density at radius 3 is 2.02 bits per heavy atom. The van der Waals surface area contributed by atoms with Gasteiger partial charge in [0.15, 0.2) is 5.82 Å². The minimum absolute atomic E-state index is 0. The molecule has 4 nitrogen and oxygen atoms in total. The molecule has 13 heteroatoms. The van der Waals surface area contributed by atoms with Gasteiger partial charge >= 0.3 is 12.4 Å². The standard InChI is InChI=1S/C35H32Cl2F6N3O.ClH/c36-29-7-6-23(20-30(29)37)24(8-14-46-15-9-33(10-16-46,11-17-46)26-4-2-1-3-5-26)22-45-13-12-44-32(45)31(47)25-18-27(34(38,39)40)21-28(19-25)35(41,42)43;/h1-7,12-13,18-21,24H,8-11,14-17,22H2;1H/q+1;/p-1. The molecule has 3 saturated heterocycles. The van der Waals surface area contributed by atoms with Gasteiger partial charge in [-0.1, -0.05) is 59.6 Å². The highest BCUT2D eigenvalue weighted by Gasteiger charge is 2.49. The van der Waals surface area contributed by atoms with E-state index in [-0.39, 0.29) is 42.2 Å². The van der Waals surface area contributed by atoms with Crippen LogP contribution in [0.2, 0.25) is 10.0 Å². The van der Waals surface area contributed by atoms with Gasteiger partial charge in [0.25, 0.3) is 0 Å². The number of halogens is 9. The fourth-order valence-electron chi connectivity index (χ4n) is 7.30. The zero-order chi connectivity index (χ0) is 33.6. The molecule has 0 aliphatic carbocycles. The van der Waals surface area contributed by atoms with Crippen molar-refractivity contribution in [2.45, 2.75) is 55.9 Å². The Bertz CT molecular complexity index is 1720. The van der Waals surface area contributed by atoms with Crippen LogP contribution in [-0.2, 0) is 24.3 Å². The summed E-state index contributed by atoms with van der Waals surface area (Å²) in [7, 11) is 0. The van der Waals surface area contributed by atoms with Crippen LogP contribution in [0.15, 0.2) is 79.1 Å². The summed E-state index contributed by atoms with van der Waals surface area (Å²) in [6, 6.07) is 16.8. The summed E-state index contributed by atoms with van der Waals surface area (Å²) < 4.78 is 83.6. The van der Waals surface area contributed by atoms with Gasteiger partial charge in [-0.2, -0.15) is 26.3 Å². The normalized spacial score (nSPS) is 21.5. The van der Waals surface area contributed by atoms with E-state index >= 15 is 0 Å². The highest BCUT2D eigenvalue weighted by molar-refractivity contribution is 6.42. The summed E-state index contributed by atoms with van der Waals surface area (Å²) >= 11 is 12.6. The first-order chi connectivity index (χ1) is 22.2. The summed E-state index contributed by atoms with van der Waals surface area (Å²) in [5.74, 6) is -1.49. The third-order valence-electron chi connectivity index (χ3n) is 10.1. The Morgan fingerprint density at radius 1 is 0.854 bits per heavy atom. The average molecular weight is 731 g/mol. The second-order valence-corrected chi connectivity index (χ2v) is 13.6. The molecule has 4 aromatic rings. The van der Waals surface area contributed by atoms with Crippen molar-refractivity contribution in [2.75, 3.05) is 26.2 Å². The van der Waals surface area contributed by atoms with E-state index in [1.54, 1.807) is 12.1 Å². The van der Waals surface area contributed by atoms with Crippen molar-refractivity contribution in [1.29, 1.82) is 0 Å². The fraction of sp³-hybridized carbons (Fsp3) is 0.371. The van der Waals surface area contributed by atoms with Crippen molar-refractivity contribution in [3.63, 3.8) is 0 Å². The van der Waals surface area contributed by atoms with Crippen molar-refractivity contribution < 1.29 is 48.0 Å². The molecule has 0 amide bonds. The van der Waals surface area contributed by atoms with Crippen LogP contribution < -0.4 is 12.4 Å². The van der Waals surface area contributed by atoms with Crippen molar-refractivity contribution in [3.05, 3.63) is 123 Å². The van der Waals surface area contributed by atoms with E-state index < -0.39 is 34.8 Å². The van der Waals surface area contributed by atoms with Gasteiger partial charge in [-0.3, -0.25) is 4.79 Å². The van der Waals surface area contributed by atoms with Gasteiger partial charge in [0.1, 0.15) is 0 Å². The van der Waals surface area contributed by atoms with Crippen LogP contribution >= 0.6 is 23.2 Å². The number of alkyl halides is 6. The summed E-state index contributed by atoms with van der Waals surface area (Å²) in [5, 5.41) is 0.735. The summed E-state index contributed by atoms with van der Waals surface area (Å²) in [6.45, 7) is 4.17. The number of hydrogen-bond donors (Lipinski definition) is 0. The second-order valence-electron chi connectivity index (χ2n) is 12.8. The van der Waals surface area contributed by atoms with Crippen molar-refractivity contribution in [3.8, 4) is 0 Å². The lowest BCUT2D eigenvalue weighted by Gasteiger charge is -2.55. The molecule has 2 bridgehead atoms. The van der Waals surface area contributed by atoms with Crippen LogP contribution in [0.3, 0.4) is 0 Å². The van der Waals surface area contributed by atoms with E-state index in [4.69, 9.17) is 23.2 Å². The predicted octanol–water partition coefficient (Wildman–Crippen LogP) is 6.59. The lowest BCUT2D eigenvalue weighted by Crippen LogP contribution is -3.00. The molecule has 48 heavy (non-hydrogen) atoms. The Labute approximate surface area is 290 Å². The van der Waals surface area contributed by atoms with E-state index in [1.165, 1.54) is 22.5 Å². The molecule has 0 N–H and O–H groups in total. The maximum Gasteiger partial charge on any atom is 0.416 e. The van der Waals surface area contributed by atoms with Crippen LogP contribution in [0.1, 0.15) is 70.0 Å². The topological polar surface area (TPSA) is 34.9 Å². The van der Waals surface area contributed by atoms with Crippen LogP contribution in [0.4, 0.5) is 26.3 Å². The van der Waals surface area contributed by atoms with Gasteiger partial charge in [-0.15, -0.1) is 0 Å². The lowest BCUT2D eigenvalue weighted by atomic mass is 9.66. The first-order valence-electron chi connectivity index (χ1n) is 15.4. The van der Waals surface area contributed by atoms with Crippen molar-refractivity contribution in [1.82, 2.24) is 9.55 Å². The number of benzene rings is 3. The Morgan fingerprint density at radius 2 is 1.46 bits per heavy atom. The highest BCUT2D eigenvalue weighted by Crippen LogP contribution is 2.46. The molecule has 7 rings (SSSR count). The van der Waals surface area contributed by atoms with Crippen LogP contribution in [0.5, 0.6) is 0 Å².